The van der Waals surface area contributed by atoms with E-state index in [9.17, 15) is 4.79 Å². The van der Waals surface area contributed by atoms with Gasteiger partial charge in [0.25, 0.3) is 5.91 Å². The van der Waals surface area contributed by atoms with E-state index in [-0.39, 0.29) is 12.5 Å². The summed E-state index contributed by atoms with van der Waals surface area (Å²) >= 11 is 0. The molecule has 2 aliphatic rings. The minimum Gasteiger partial charge on any atom is -0.395 e. The molecule has 0 spiro atoms. The Morgan fingerprint density at radius 3 is 2.00 bits per heavy atom. The summed E-state index contributed by atoms with van der Waals surface area (Å²) in [6.45, 7) is 4.69. The Morgan fingerprint density at radius 1 is 0.893 bits per heavy atom. The summed E-state index contributed by atoms with van der Waals surface area (Å²) in [6.07, 6.45) is 4.23. The molecule has 0 saturated carbocycles. The quantitative estimate of drug-likeness (QED) is 0.738. The fraction of sp³-hybridized carbons (Fsp3) is 0.318. The summed E-state index contributed by atoms with van der Waals surface area (Å²) in [4.78, 5) is 19.4. The highest BCUT2D eigenvalue weighted by atomic mass is 32.2. The molecule has 1 N–H and O–H groups in total. The lowest BCUT2D eigenvalue weighted by molar-refractivity contribution is -0.119. The first-order chi connectivity index (χ1) is 13.7. The van der Waals surface area contributed by atoms with Crippen LogP contribution >= 0.6 is 0 Å². The van der Waals surface area contributed by atoms with Crippen LogP contribution in [0, 0.1) is 0 Å². The van der Waals surface area contributed by atoms with E-state index in [1.807, 2.05) is 24.3 Å². The normalized spacial score (nSPS) is 17.6. The largest absolute Gasteiger partial charge is 0.395 e. The van der Waals surface area contributed by atoms with Crippen LogP contribution in [0.2, 0.25) is 0 Å². The van der Waals surface area contributed by atoms with Crippen LogP contribution < -0.4 is 0 Å². The molecule has 6 heteroatoms. The number of hydrogen-bond donors (Lipinski definition) is 1. The van der Waals surface area contributed by atoms with E-state index in [1.54, 1.807) is 0 Å². The second-order valence-electron chi connectivity index (χ2n) is 7.02. The van der Waals surface area contributed by atoms with Crippen molar-refractivity contribution in [2.45, 2.75) is 9.79 Å². The molecule has 1 fully saturated rings. The monoisotopic (exact) mass is 395 g/mol. The van der Waals surface area contributed by atoms with Gasteiger partial charge in [-0.3, -0.25) is 14.6 Å². The third-order valence-electron chi connectivity index (χ3n) is 5.13. The lowest BCUT2D eigenvalue weighted by Crippen LogP contribution is -2.48. The molecule has 0 unspecified atom stereocenters. The van der Waals surface area contributed by atoms with Crippen LogP contribution in [0.4, 0.5) is 0 Å². The number of aliphatic hydroxyl groups excluding tert-OH is 1. The summed E-state index contributed by atoms with van der Waals surface area (Å²) in [5.74, 6) is -0.0644. The van der Waals surface area contributed by atoms with Crippen molar-refractivity contribution in [1.82, 2.24) is 9.80 Å². The van der Waals surface area contributed by atoms with E-state index >= 15 is 0 Å². The number of benzene rings is 2. The van der Waals surface area contributed by atoms with Gasteiger partial charge >= 0.3 is 0 Å². The number of rotatable bonds is 4. The van der Waals surface area contributed by atoms with Gasteiger partial charge in [-0.2, -0.15) is 4.36 Å². The molecule has 5 nitrogen and oxygen atoms in total. The summed E-state index contributed by atoms with van der Waals surface area (Å²) in [6, 6.07) is 16.4. The first-order valence-corrected chi connectivity index (χ1v) is 10.8. The van der Waals surface area contributed by atoms with Crippen molar-refractivity contribution in [3.05, 3.63) is 59.7 Å². The highest BCUT2D eigenvalue weighted by Crippen LogP contribution is 2.30. The van der Waals surface area contributed by atoms with Gasteiger partial charge in [-0.15, -0.1) is 0 Å². The van der Waals surface area contributed by atoms with Crippen LogP contribution in [0.25, 0.3) is 12.2 Å². The van der Waals surface area contributed by atoms with Gasteiger partial charge in [0.15, 0.2) is 0 Å². The van der Waals surface area contributed by atoms with Crippen molar-refractivity contribution in [2.24, 2.45) is 4.36 Å². The highest BCUT2D eigenvalue weighted by Gasteiger charge is 2.20. The van der Waals surface area contributed by atoms with E-state index in [1.165, 1.54) is 0 Å². The lowest BCUT2D eigenvalue weighted by Gasteiger charge is -2.33. The van der Waals surface area contributed by atoms with Crippen LogP contribution in [-0.2, 0) is 15.5 Å². The van der Waals surface area contributed by atoms with Gasteiger partial charge in [-0.25, -0.2) is 0 Å². The van der Waals surface area contributed by atoms with Crippen LogP contribution in [0.5, 0.6) is 0 Å². The lowest BCUT2D eigenvalue weighted by atomic mass is 10.1. The zero-order valence-electron chi connectivity index (χ0n) is 15.8. The van der Waals surface area contributed by atoms with Gasteiger partial charge in [0, 0.05) is 42.5 Å². The number of nitrogens with zero attached hydrogens (tertiary/aromatic N) is 3. The minimum atomic E-state index is -0.614. The Morgan fingerprint density at radius 2 is 1.43 bits per heavy atom. The summed E-state index contributed by atoms with van der Waals surface area (Å²) in [7, 11) is -0.614. The molecule has 146 valence electrons. The number of carbonyl (C=O) groups excluding carboxylic acids is 1. The highest BCUT2D eigenvalue weighted by molar-refractivity contribution is 7.88. The van der Waals surface area contributed by atoms with E-state index in [0.29, 0.717) is 13.1 Å². The van der Waals surface area contributed by atoms with E-state index in [0.717, 1.165) is 47.1 Å². The summed E-state index contributed by atoms with van der Waals surface area (Å²) in [5, 5.41) is 9.07. The first kappa shape index (κ1) is 19.2. The topological polar surface area (TPSA) is 56.1 Å². The maximum atomic E-state index is 12.8. The predicted molar refractivity (Wildman–Crippen MR) is 113 cm³/mol. The molecule has 0 aliphatic carbocycles. The van der Waals surface area contributed by atoms with E-state index < -0.39 is 10.7 Å². The van der Waals surface area contributed by atoms with Crippen LogP contribution in [-0.4, -0.2) is 66.7 Å². The second-order valence-corrected chi connectivity index (χ2v) is 8.65. The Balaban J connectivity index is 1.57. The summed E-state index contributed by atoms with van der Waals surface area (Å²) < 4.78 is 4.68. The molecule has 2 aromatic rings. The number of β-amino-alcohol motifs (C(OH)–C–C–N with tert-alkyl or cyclic N) is 1. The standard InChI is InChI=1S/C22H25N3O2S/c26-16-15-24-11-13-25(14-12-24)17-22(27)23-28-20-7-3-1-5-18(20)9-10-19-6-2-4-8-21(19)28/h1-10,26H,11-17H2. The SMILES string of the molecule is O=C(CN1CCN(CCO)CC1)N=S1c2ccccc2C=Cc2ccccc21. The summed E-state index contributed by atoms with van der Waals surface area (Å²) in [5.41, 5.74) is 2.24. The van der Waals surface area contributed by atoms with Crippen molar-refractivity contribution in [3.63, 3.8) is 0 Å². The van der Waals surface area contributed by atoms with Crippen molar-refractivity contribution >= 4 is 28.8 Å². The molecule has 0 bridgehead atoms. The number of hydrogen-bond acceptors (Lipinski definition) is 4. The molecular weight excluding hydrogens is 370 g/mol. The Kier molecular flexibility index (Phi) is 6.12. The van der Waals surface area contributed by atoms with Crippen molar-refractivity contribution in [1.29, 1.82) is 0 Å². The second kappa shape index (κ2) is 8.92. The third-order valence-corrected chi connectivity index (χ3v) is 7.09. The molecule has 2 heterocycles. The zero-order valence-corrected chi connectivity index (χ0v) is 16.6. The number of fused-ring (bicyclic) bond motifs is 2. The first-order valence-electron chi connectivity index (χ1n) is 9.65. The number of carbonyl (C=O) groups is 1. The fourth-order valence-corrected chi connectivity index (χ4v) is 5.45. The molecule has 2 aliphatic heterocycles. The molecular formula is C22H25N3O2S. The predicted octanol–water partition coefficient (Wildman–Crippen LogP) is 2.53. The van der Waals surface area contributed by atoms with Gasteiger partial charge in [-0.1, -0.05) is 48.6 Å². The van der Waals surface area contributed by atoms with Gasteiger partial charge in [-0.05, 0) is 34.0 Å². The molecule has 2 aromatic carbocycles. The van der Waals surface area contributed by atoms with Gasteiger partial charge in [0.2, 0.25) is 0 Å². The van der Waals surface area contributed by atoms with E-state index in [4.69, 9.17) is 5.11 Å². The van der Waals surface area contributed by atoms with Crippen LogP contribution in [0.3, 0.4) is 0 Å². The molecule has 4 rings (SSSR count). The van der Waals surface area contributed by atoms with Gasteiger partial charge < -0.3 is 5.11 Å². The maximum Gasteiger partial charge on any atom is 0.266 e. The van der Waals surface area contributed by atoms with E-state index in [2.05, 4.69) is 50.6 Å². The van der Waals surface area contributed by atoms with Crippen molar-refractivity contribution in [3.8, 4) is 0 Å². The van der Waals surface area contributed by atoms with Gasteiger partial charge in [0.1, 0.15) is 0 Å². The zero-order chi connectivity index (χ0) is 19.3. The average Bonchev–Trinajstić information content (AvgIpc) is 2.87. The Bertz CT molecular complexity index is 866. The maximum absolute atomic E-state index is 12.8. The number of piperazine rings is 1. The number of aliphatic hydroxyl groups is 1. The average molecular weight is 396 g/mol. The van der Waals surface area contributed by atoms with Crippen molar-refractivity contribution in [2.75, 3.05) is 45.9 Å². The smallest absolute Gasteiger partial charge is 0.266 e. The van der Waals surface area contributed by atoms with Gasteiger partial charge in [0.05, 0.1) is 13.2 Å². The third kappa shape index (κ3) is 4.31. The molecule has 0 aromatic heterocycles. The molecule has 0 radical (unpaired) electrons. The number of amides is 1. The van der Waals surface area contributed by atoms with Crippen LogP contribution in [0.1, 0.15) is 11.1 Å². The molecule has 0 atom stereocenters. The molecule has 28 heavy (non-hydrogen) atoms. The Hall–Kier alpha value is -2.12. The molecule has 1 amide bonds. The Labute approximate surface area is 168 Å². The molecule has 1 saturated heterocycles. The fourth-order valence-electron chi connectivity index (χ4n) is 3.62. The minimum absolute atomic E-state index is 0.0644. The van der Waals surface area contributed by atoms with Crippen molar-refractivity contribution < 1.29 is 9.90 Å². The van der Waals surface area contributed by atoms with Crippen LogP contribution in [0.15, 0.2) is 62.7 Å².